The molecule has 0 saturated heterocycles. The van der Waals surface area contributed by atoms with Crippen molar-refractivity contribution in [3.63, 3.8) is 0 Å². The van der Waals surface area contributed by atoms with Crippen molar-refractivity contribution >= 4 is 6.09 Å². The summed E-state index contributed by atoms with van der Waals surface area (Å²) in [5.41, 5.74) is 0. The molecule has 0 aliphatic carbocycles. The molecule has 1 rings (SSSR count). The molecule has 0 aliphatic rings. The van der Waals surface area contributed by atoms with E-state index in [0.717, 1.165) is 0 Å². The number of nitrogens with zero attached hydrogens (tertiary/aromatic N) is 1. The van der Waals surface area contributed by atoms with E-state index in [1.165, 1.54) is 0 Å². The van der Waals surface area contributed by atoms with Crippen LogP contribution < -0.4 is 0 Å². The Balaban J connectivity index is 2.62. The molecule has 1 aromatic heterocycles. The van der Waals surface area contributed by atoms with Gasteiger partial charge in [-0.2, -0.15) is 0 Å². The second-order valence-electron chi connectivity index (χ2n) is 0.760. The fourth-order valence-electron chi connectivity index (χ4n) is 0.0985. The van der Waals surface area contributed by atoms with Crippen LogP contribution in [0.5, 0.6) is 0 Å². The van der Waals surface area contributed by atoms with E-state index in [9.17, 15) is 4.79 Å². The zero-order valence-corrected chi connectivity index (χ0v) is 2.71. The molecule has 0 unspecified atom stereocenters. The van der Waals surface area contributed by atoms with Crippen LogP contribution in [0.2, 0.25) is 0 Å². The van der Waals surface area contributed by atoms with Gasteiger partial charge < -0.3 is 5.11 Å². The molecule has 1 aromatic rings. The number of aromatic amines is 1. The minimum absolute atomic E-state index is 0.583. The van der Waals surface area contributed by atoms with Crippen LogP contribution in [0, 0.1) is 0 Å². The molecule has 0 spiro atoms. The number of rotatable bonds is 0. The minimum Gasteiger partial charge on any atom is -0.461 e. The second-order valence-corrected chi connectivity index (χ2v) is 0.760. The average molecular weight is 90.0 g/mol. The zero-order valence-electron chi connectivity index (χ0n) is 2.71. The highest BCUT2D eigenvalue weighted by Gasteiger charge is 2.04. The Kier molecular flexibility index (Phi) is 0.346. The van der Waals surface area contributed by atoms with Crippen molar-refractivity contribution in [3.05, 3.63) is 0 Å². The minimum atomic E-state index is -1.13. The van der Waals surface area contributed by atoms with Gasteiger partial charge in [0.2, 0.25) is 0 Å². The lowest BCUT2D eigenvalue weighted by Gasteiger charge is -1.65. The number of hydrogen-bond acceptors (Lipinski definition) is 2. The summed E-state index contributed by atoms with van der Waals surface area (Å²) in [6, 6.07) is 0. The Labute approximate surface area is 32.0 Å². The van der Waals surface area contributed by atoms with E-state index in [2.05, 4.69) is 4.63 Å². The molecule has 2 N–H and O–H groups in total. The first-order valence-electron chi connectivity index (χ1n) is 1.26. The van der Waals surface area contributed by atoms with Crippen molar-refractivity contribution < 1.29 is 14.5 Å². The molecule has 0 aliphatic heterocycles. The maximum atomic E-state index is 9.50. The Hall–Kier alpha value is -1.13. The maximum Gasteiger partial charge on any atom is 0.465 e. The van der Waals surface area contributed by atoms with E-state index in [4.69, 9.17) is 5.11 Å². The third-order valence-electron chi connectivity index (χ3n) is 0.356. The van der Waals surface area contributed by atoms with Crippen molar-refractivity contribution in [2.24, 2.45) is 0 Å². The van der Waals surface area contributed by atoms with Crippen LogP contribution >= 0.6 is 0 Å². The quantitative estimate of drug-likeness (QED) is 0.468. The van der Waals surface area contributed by atoms with Gasteiger partial charge in [-0.25, -0.2) is 9.42 Å². The number of carboxylic acid groups (broad SMARTS) is 1. The van der Waals surface area contributed by atoms with Crippen LogP contribution in [-0.2, 0) is 0 Å². The lowest BCUT2D eigenvalue weighted by molar-refractivity contribution is 0.187. The first kappa shape index (κ1) is 3.08. The van der Waals surface area contributed by atoms with Gasteiger partial charge >= 0.3 is 6.09 Å². The Morgan fingerprint density at radius 3 is 2.50 bits per heavy atom. The zero-order chi connectivity index (χ0) is 4.57. The van der Waals surface area contributed by atoms with Gasteiger partial charge in [-0.1, -0.05) is 5.27 Å². The second kappa shape index (κ2) is 0.675. The molecule has 34 valence electrons. The summed E-state index contributed by atoms with van der Waals surface area (Å²) in [5, 5.41) is 9.76. The third-order valence-corrected chi connectivity index (χ3v) is 0.356. The van der Waals surface area contributed by atoms with E-state index in [0.29, 0.717) is 4.85 Å². The topological polar surface area (TPSA) is 71.2 Å². The molecule has 0 aromatic carbocycles. The number of hydrogen-bond donors (Lipinski definition) is 2. The van der Waals surface area contributed by atoms with Gasteiger partial charge in [0.15, 0.2) is 0 Å². The molecule has 6 heavy (non-hydrogen) atoms. The first-order chi connectivity index (χ1) is 2.80. The number of aromatic nitrogens is 2. The van der Waals surface area contributed by atoms with Crippen molar-refractivity contribution in [2.75, 3.05) is 0 Å². The van der Waals surface area contributed by atoms with E-state index in [1.807, 2.05) is 5.27 Å². The molecule has 5 heteroatoms. The summed E-state index contributed by atoms with van der Waals surface area (Å²) in [6.07, 6.45) is -1.13. The van der Waals surface area contributed by atoms with Crippen molar-refractivity contribution in [1.82, 2.24) is 10.1 Å². The average Bonchev–Trinajstić information content (AvgIpc) is 2.06. The van der Waals surface area contributed by atoms with Gasteiger partial charge in [-0.15, -0.1) is 0 Å². The van der Waals surface area contributed by atoms with Crippen LogP contribution in [-0.4, -0.2) is 21.3 Å². The van der Waals surface area contributed by atoms with Gasteiger partial charge in [-0.3, -0.25) is 0 Å². The Morgan fingerprint density at radius 1 is 2.00 bits per heavy atom. The van der Waals surface area contributed by atoms with Gasteiger partial charge in [0.25, 0.3) is 0 Å². The molecule has 0 fully saturated rings. The summed E-state index contributed by atoms with van der Waals surface area (Å²) in [5.74, 6) is 0. The molecule has 0 amide bonds. The third kappa shape index (κ3) is 0.291. The van der Waals surface area contributed by atoms with Crippen LogP contribution in [0.1, 0.15) is 0 Å². The maximum absolute atomic E-state index is 9.50. The van der Waals surface area contributed by atoms with Crippen molar-refractivity contribution in [2.45, 2.75) is 0 Å². The lowest BCUT2D eigenvalue weighted by Crippen LogP contribution is -1.96. The molecular formula is CH2N2O3. The normalized spacial score (nSPS) is 9.33. The predicted molar refractivity (Wildman–Crippen MR) is 14.5 cm³/mol. The largest absolute Gasteiger partial charge is 0.465 e. The number of nitrogens with one attached hydrogen (secondary N) is 1. The van der Waals surface area contributed by atoms with Crippen LogP contribution in [0.25, 0.3) is 0 Å². The Bertz CT molecular complexity index is 126. The fraction of sp³-hybridized carbons (Fsp3) is 0. The monoisotopic (exact) mass is 90.0 g/mol. The smallest absolute Gasteiger partial charge is 0.461 e. The highest BCUT2D eigenvalue weighted by atomic mass is 16.8. The van der Waals surface area contributed by atoms with E-state index in [1.54, 1.807) is 0 Å². The van der Waals surface area contributed by atoms with Crippen molar-refractivity contribution in [1.29, 1.82) is 0 Å². The summed E-state index contributed by atoms with van der Waals surface area (Å²) in [7, 11) is 0. The number of H-pyrrole nitrogens is 1. The number of carbonyl (C=O) groups is 1. The molecule has 0 bridgehead atoms. The fourth-order valence-corrected chi connectivity index (χ4v) is 0.0985. The summed E-state index contributed by atoms with van der Waals surface area (Å²) in [4.78, 5) is 10.1. The standard InChI is InChI=1S/CH2N2O3/c4-1(5)3-2-6-3/h2H,(H,4,5). The molecule has 0 saturated carbocycles. The van der Waals surface area contributed by atoms with Gasteiger partial charge in [0.05, 0.1) is 0 Å². The summed E-state index contributed by atoms with van der Waals surface area (Å²) in [6.45, 7) is 0. The van der Waals surface area contributed by atoms with Crippen LogP contribution in [0.4, 0.5) is 4.79 Å². The predicted octanol–water partition coefficient (Wildman–Crippen LogP) is -0.0647. The molecule has 0 atom stereocenters. The highest BCUT2D eigenvalue weighted by molar-refractivity contribution is 5.64. The summed E-state index contributed by atoms with van der Waals surface area (Å²) < 4.78 is 3.95. The SMILES string of the molecule is O=C(O)n1[nH]o1. The van der Waals surface area contributed by atoms with Gasteiger partial charge in [0.1, 0.15) is 0 Å². The first-order valence-corrected chi connectivity index (χ1v) is 1.26. The molecule has 0 radical (unpaired) electrons. The lowest BCUT2D eigenvalue weighted by atomic mass is 11.3. The van der Waals surface area contributed by atoms with Crippen molar-refractivity contribution in [3.8, 4) is 0 Å². The highest BCUT2D eigenvalue weighted by Crippen LogP contribution is 1.79. The summed E-state index contributed by atoms with van der Waals surface area (Å²) >= 11 is 0. The van der Waals surface area contributed by atoms with Crippen LogP contribution in [0.15, 0.2) is 4.63 Å². The Morgan fingerprint density at radius 2 is 2.50 bits per heavy atom. The van der Waals surface area contributed by atoms with Gasteiger partial charge in [0, 0.05) is 4.85 Å². The van der Waals surface area contributed by atoms with Crippen LogP contribution in [0.3, 0.4) is 0 Å². The van der Waals surface area contributed by atoms with Gasteiger partial charge in [-0.05, 0) is 0 Å². The molecule has 1 heterocycles. The molecular weight excluding hydrogens is 88.0 g/mol. The van der Waals surface area contributed by atoms with E-state index in [-0.39, 0.29) is 0 Å². The van der Waals surface area contributed by atoms with E-state index >= 15 is 0 Å². The van der Waals surface area contributed by atoms with E-state index < -0.39 is 6.09 Å². The molecule has 5 nitrogen and oxygen atoms in total.